The van der Waals surface area contributed by atoms with E-state index in [-0.39, 0.29) is 5.70 Å². The molecule has 0 fully saturated rings. The molecule has 0 atom stereocenters. The molecule has 114 valence electrons. The second-order valence-corrected chi connectivity index (χ2v) is 4.77. The van der Waals surface area contributed by atoms with Gasteiger partial charge in [0.2, 0.25) is 0 Å². The Balaban J connectivity index is 2.25. The Kier molecular flexibility index (Phi) is 5.38. The number of halogens is 1. The van der Waals surface area contributed by atoms with Gasteiger partial charge in [0.15, 0.2) is 0 Å². The molecule has 22 heavy (non-hydrogen) atoms. The number of hydrogen-bond acceptors (Lipinski definition) is 3. The summed E-state index contributed by atoms with van der Waals surface area (Å²) in [5, 5.41) is 5.51. The summed E-state index contributed by atoms with van der Waals surface area (Å²) in [4.78, 5) is 24.3. The molecule has 5 nitrogen and oxygen atoms in total. The summed E-state index contributed by atoms with van der Waals surface area (Å²) in [7, 11) is 0. The summed E-state index contributed by atoms with van der Waals surface area (Å²) in [6, 6.07) is 9.99. The SMILES string of the molecule is CCNC(=O)/C(=C/c1ccco1)NC(=O)c1ccccc1Cl. The van der Waals surface area contributed by atoms with Gasteiger partial charge in [-0.25, -0.2) is 0 Å². The molecule has 0 unspecified atom stereocenters. The Labute approximate surface area is 133 Å². The number of furan rings is 1. The minimum Gasteiger partial charge on any atom is -0.465 e. The molecule has 2 N–H and O–H groups in total. The van der Waals surface area contributed by atoms with Gasteiger partial charge >= 0.3 is 0 Å². The summed E-state index contributed by atoms with van der Waals surface area (Å²) < 4.78 is 5.17. The molecule has 2 aromatic rings. The van der Waals surface area contributed by atoms with Crippen LogP contribution in [0.25, 0.3) is 6.08 Å². The largest absolute Gasteiger partial charge is 0.465 e. The number of amides is 2. The van der Waals surface area contributed by atoms with Crippen LogP contribution in [-0.2, 0) is 4.79 Å². The van der Waals surface area contributed by atoms with Crippen molar-refractivity contribution in [2.45, 2.75) is 6.92 Å². The van der Waals surface area contributed by atoms with Crippen LogP contribution in [0.4, 0.5) is 0 Å². The van der Waals surface area contributed by atoms with Crippen molar-refractivity contribution in [3.05, 3.63) is 64.7 Å². The molecular weight excluding hydrogens is 304 g/mol. The zero-order valence-electron chi connectivity index (χ0n) is 11.9. The topological polar surface area (TPSA) is 71.3 Å². The number of benzene rings is 1. The first-order valence-electron chi connectivity index (χ1n) is 6.71. The van der Waals surface area contributed by atoms with Crippen LogP contribution in [0.2, 0.25) is 5.02 Å². The van der Waals surface area contributed by atoms with Crippen molar-refractivity contribution < 1.29 is 14.0 Å². The third kappa shape index (κ3) is 3.99. The van der Waals surface area contributed by atoms with Crippen LogP contribution in [0, 0.1) is 0 Å². The molecular formula is C16H15ClN2O3. The van der Waals surface area contributed by atoms with E-state index in [4.69, 9.17) is 16.0 Å². The van der Waals surface area contributed by atoms with E-state index in [1.165, 1.54) is 12.3 Å². The van der Waals surface area contributed by atoms with Crippen LogP contribution in [0.3, 0.4) is 0 Å². The molecule has 6 heteroatoms. The predicted molar refractivity (Wildman–Crippen MR) is 84.3 cm³/mol. The molecule has 2 rings (SSSR count). The number of carbonyl (C=O) groups is 2. The lowest BCUT2D eigenvalue weighted by molar-refractivity contribution is -0.117. The highest BCUT2D eigenvalue weighted by atomic mass is 35.5. The van der Waals surface area contributed by atoms with Crippen molar-refractivity contribution >= 4 is 29.5 Å². The van der Waals surface area contributed by atoms with Crippen molar-refractivity contribution in [3.8, 4) is 0 Å². The Morgan fingerprint density at radius 2 is 2.00 bits per heavy atom. The van der Waals surface area contributed by atoms with Gasteiger partial charge in [-0.05, 0) is 31.2 Å². The third-order valence-electron chi connectivity index (χ3n) is 2.78. The highest BCUT2D eigenvalue weighted by Gasteiger charge is 2.16. The predicted octanol–water partition coefficient (Wildman–Crippen LogP) is 2.84. The van der Waals surface area contributed by atoms with Crippen molar-refractivity contribution in [2.75, 3.05) is 6.54 Å². The summed E-state index contributed by atoms with van der Waals surface area (Å²) in [6.45, 7) is 2.23. The van der Waals surface area contributed by atoms with Gasteiger partial charge < -0.3 is 15.1 Å². The lowest BCUT2D eigenvalue weighted by atomic mass is 10.2. The van der Waals surface area contributed by atoms with E-state index >= 15 is 0 Å². The molecule has 1 aromatic heterocycles. The van der Waals surface area contributed by atoms with E-state index in [1.807, 2.05) is 0 Å². The van der Waals surface area contributed by atoms with Gasteiger partial charge in [0, 0.05) is 12.6 Å². The van der Waals surface area contributed by atoms with Crippen molar-refractivity contribution in [1.29, 1.82) is 0 Å². The van der Waals surface area contributed by atoms with Crippen LogP contribution in [0.15, 0.2) is 52.8 Å². The minimum atomic E-state index is -0.463. The molecule has 2 amide bonds. The van der Waals surface area contributed by atoms with Gasteiger partial charge in [0.25, 0.3) is 11.8 Å². The monoisotopic (exact) mass is 318 g/mol. The van der Waals surface area contributed by atoms with Crippen molar-refractivity contribution in [1.82, 2.24) is 10.6 Å². The summed E-state index contributed by atoms with van der Waals surface area (Å²) >= 11 is 5.99. The molecule has 1 heterocycles. The lowest BCUT2D eigenvalue weighted by Crippen LogP contribution is -2.34. The van der Waals surface area contributed by atoms with Gasteiger partial charge in [-0.2, -0.15) is 0 Å². The highest BCUT2D eigenvalue weighted by molar-refractivity contribution is 6.34. The second-order valence-electron chi connectivity index (χ2n) is 4.37. The zero-order valence-corrected chi connectivity index (χ0v) is 12.7. The van der Waals surface area contributed by atoms with Gasteiger partial charge in [0.1, 0.15) is 11.5 Å². The first-order chi connectivity index (χ1) is 10.6. The average Bonchev–Trinajstić information content (AvgIpc) is 3.00. The first-order valence-corrected chi connectivity index (χ1v) is 7.09. The van der Waals surface area contributed by atoms with E-state index in [9.17, 15) is 9.59 Å². The Bertz CT molecular complexity index is 693. The number of carbonyl (C=O) groups excluding carboxylic acids is 2. The minimum absolute atomic E-state index is 0.0849. The lowest BCUT2D eigenvalue weighted by Gasteiger charge is -2.10. The first kappa shape index (κ1) is 15.9. The van der Waals surface area contributed by atoms with Crippen molar-refractivity contribution in [2.24, 2.45) is 0 Å². The maximum atomic E-state index is 12.3. The van der Waals surface area contributed by atoms with E-state index in [1.54, 1.807) is 43.3 Å². The van der Waals surface area contributed by atoms with Gasteiger partial charge in [0.05, 0.1) is 16.8 Å². The number of likely N-dealkylation sites (N-methyl/N-ethyl adjacent to an activating group) is 1. The fraction of sp³-hybridized carbons (Fsp3) is 0.125. The Hall–Kier alpha value is -2.53. The molecule has 0 radical (unpaired) electrons. The zero-order chi connectivity index (χ0) is 15.9. The Morgan fingerprint density at radius 3 is 2.64 bits per heavy atom. The maximum Gasteiger partial charge on any atom is 0.267 e. The Morgan fingerprint density at radius 1 is 1.23 bits per heavy atom. The average molecular weight is 319 g/mol. The second kappa shape index (κ2) is 7.47. The van der Waals surface area contributed by atoms with Gasteiger partial charge in [-0.3, -0.25) is 9.59 Å². The number of rotatable bonds is 5. The smallest absolute Gasteiger partial charge is 0.267 e. The maximum absolute atomic E-state index is 12.3. The van der Waals surface area contributed by atoms with Crippen LogP contribution >= 0.6 is 11.6 Å². The normalized spacial score (nSPS) is 11.1. The van der Waals surface area contributed by atoms with Gasteiger partial charge in [-0.15, -0.1) is 0 Å². The molecule has 0 saturated heterocycles. The summed E-state index contributed by atoms with van der Waals surface area (Å²) in [6.07, 6.45) is 2.94. The van der Waals surface area contributed by atoms with Gasteiger partial charge in [-0.1, -0.05) is 23.7 Å². The molecule has 0 bridgehead atoms. The van der Waals surface area contributed by atoms with E-state index in [0.717, 1.165) is 0 Å². The molecule has 0 aliphatic carbocycles. The quantitative estimate of drug-likeness (QED) is 0.833. The molecule has 0 aliphatic heterocycles. The van der Waals surface area contributed by atoms with E-state index in [0.29, 0.717) is 22.9 Å². The third-order valence-corrected chi connectivity index (χ3v) is 3.11. The van der Waals surface area contributed by atoms with Crippen LogP contribution in [0.5, 0.6) is 0 Å². The summed E-state index contributed by atoms with van der Waals surface area (Å²) in [5.41, 5.74) is 0.375. The van der Waals surface area contributed by atoms with E-state index in [2.05, 4.69) is 10.6 Å². The molecule has 0 aliphatic rings. The fourth-order valence-electron chi connectivity index (χ4n) is 1.76. The molecule has 0 saturated carbocycles. The number of hydrogen-bond donors (Lipinski definition) is 2. The number of nitrogens with one attached hydrogen (secondary N) is 2. The van der Waals surface area contributed by atoms with Crippen LogP contribution < -0.4 is 10.6 Å². The van der Waals surface area contributed by atoms with Crippen molar-refractivity contribution in [3.63, 3.8) is 0 Å². The molecule has 1 aromatic carbocycles. The summed E-state index contributed by atoms with van der Waals surface area (Å²) in [5.74, 6) is -0.408. The van der Waals surface area contributed by atoms with E-state index < -0.39 is 11.8 Å². The highest BCUT2D eigenvalue weighted by Crippen LogP contribution is 2.15. The standard InChI is InChI=1S/C16H15ClN2O3/c1-2-18-16(21)14(10-11-6-5-9-22-11)19-15(20)12-7-3-4-8-13(12)17/h3-10H,2H2,1H3,(H,18,21)(H,19,20)/b14-10-. The molecule has 0 spiro atoms. The van der Waals surface area contributed by atoms with Crippen LogP contribution in [0.1, 0.15) is 23.0 Å². The fourth-order valence-corrected chi connectivity index (χ4v) is 1.99. The van der Waals surface area contributed by atoms with Crippen LogP contribution in [-0.4, -0.2) is 18.4 Å².